The number of carbonyl (C=O) groups is 1. The van der Waals surface area contributed by atoms with E-state index in [2.05, 4.69) is 26.0 Å². The average molecular weight is 411 g/mol. The summed E-state index contributed by atoms with van der Waals surface area (Å²) in [6.45, 7) is 0. The molecule has 2 N–H and O–H groups in total. The van der Waals surface area contributed by atoms with Crippen molar-refractivity contribution in [2.75, 3.05) is 12.5 Å². The first-order valence-electron chi connectivity index (χ1n) is 8.47. The number of ether oxygens (including phenoxy) is 1. The molecule has 0 fully saturated rings. The van der Waals surface area contributed by atoms with Gasteiger partial charge >= 0.3 is 6.01 Å². The van der Waals surface area contributed by atoms with Crippen LogP contribution < -0.4 is 15.6 Å². The summed E-state index contributed by atoms with van der Waals surface area (Å²) < 4.78 is 12.3. The predicted octanol–water partition coefficient (Wildman–Crippen LogP) is 3.34. The third kappa shape index (κ3) is 3.90. The average Bonchev–Trinajstić information content (AvgIpc) is 3.45. The number of rotatable bonds is 6. The van der Waals surface area contributed by atoms with Gasteiger partial charge in [-0.2, -0.15) is 4.98 Å². The zero-order valence-corrected chi connectivity index (χ0v) is 15.9. The van der Waals surface area contributed by atoms with Crippen LogP contribution in [0.3, 0.4) is 0 Å². The van der Waals surface area contributed by atoms with E-state index in [0.717, 1.165) is 5.56 Å². The summed E-state index contributed by atoms with van der Waals surface area (Å²) >= 11 is 6.36. The van der Waals surface area contributed by atoms with Gasteiger partial charge in [-0.15, -0.1) is 0 Å². The molecule has 0 bridgehead atoms. The summed E-state index contributed by atoms with van der Waals surface area (Å²) in [7, 11) is 1.48. The van der Waals surface area contributed by atoms with Crippen LogP contribution in [0.1, 0.15) is 10.4 Å². The maximum Gasteiger partial charge on any atom is 0.340 e. The number of hydrogen-bond donors (Lipinski definition) is 2. The number of hydrogen-bond acceptors (Lipinski definition) is 7. The van der Waals surface area contributed by atoms with Crippen LogP contribution in [0.25, 0.3) is 17.1 Å². The Balaban J connectivity index is 1.50. The molecule has 0 radical (unpaired) electrons. The van der Waals surface area contributed by atoms with E-state index in [1.165, 1.54) is 13.2 Å². The van der Waals surface area contributed by atoms with Crippen molar-refractivity contribution in [3.05, 3.63) is 71.8 Å². The molecule has 146 valence electrons. The number of nitrogens with zero attached hydrogens (tertiary/aromatic N) is 4. The van der Waals surface area contributed by atoms with Crippen molar-refractivity contribution in [3.63, 3.8) is 0 Å². The maximum atomic E-state index is 12.6. The fourth-order valence-electron chi connectivity index (χ4n) is 2.65. The molecule has 1 amide bonds. The van der Waals surface area contributed by atoms with Crippen molar-refractivity contribution >= 4 is 23.5 Å². The lowest BCUT2D eigenvalue weighted by Gasteiger charge is -2.13. The van der Waals surface area contributed by atoms with Gasteiger partial charge in [0.1, 0.15) is 5.75 Å². The summed E-state index contributed by atoms with van der Waals surface area (Å²) in [5.74, 6) is 0.243. The highest BCUT2D eigenvalue weighted by Gasteiger charge is 2.17. The molecule has 0 aliphatic carbocycles. The van der Waals surface area contributed by atoms with Crippen LogP contribution in [-0.2, 0) is 0 Å². The Morgan fingerprint density at radius 2 is 1.97 bits per heavy atom. The first-order chi connectivity index (χ1) is 14.2. The van der Waals surface area contributed by atoms with Crippen molar-refractivity contribution in [1.29, 1.82) is 0 Å². The van der Waals surface area contributed by atoms with Gasteiger partial charge < -0.3 is 13.8 Å². The molecule has 4 rings (SSSR count). The molecule has 9 nitrogen and oxygen atoms in total. The molecule has 0 aliphatic rings. The second-order valence-corrected chi connectivity index (χ2v) is 6.24. The molecule has 0 saturated heterocycles. The van der Waals surface area contributed by atoms with Crippen molar-refractivity contribution in [1.82, 2.24) is 25.1 Å². The van der Waals surface area contributed by atoms with Crippen molar-refractivity contribution in [2.45, 2.75) is 0 Å². The van der Waals surface area contributed by atoms with Crippen molar-refractivity contribution < 1.29 is 14.1 Å². The first kappa shape index (κ1) is 18.5. The smallest absolute Gasteiger partial charge is 0.340 e. The summed E-state index contributed by atoms with van der Waals surface area (Å²) in [5.41, 5.74) is 6.75. The van der Waals surface area contributed by atoms with Crippen LogP contribution in [0, 0.1) is 0 Å². The predicted molar refractivity (Wildman–Crippen MR) is 106 cm³/mol. The van der Waals surface area contributed by atoms with Gasteiger partial charge in [0.15, 0.2) is 0 Å². The normalized spacial score (nSPS) is 10.6. The van der Waals surface area contributed by atoms with E-state index in [9.17, 15) is 4.79 Å². The summed E-state index contributed by atoms with van der Waals surface area (Å²) in [4.78, 5) is 20.7. The molecule has 3 aromatic heterocycles. The zero-order chi connectivity index (χ0) is 20.2. The number of pyridine rings is 1. The van der Waals surface area contributed by atoms with Gasteiger partial charge in [0, 0.05) is 36.4 Å². The molecule has 3 heterocycles. The quantitative estimate of drug-likeness (QED) is 0.469. The molecule has 0 saturated carbocycles. The van der Waals surface area contributed by atoms with E-state index < -0.39 is 5.91 Å². The van der Waals surface area contributed by atoms with E-state index in [-0.39, 0.29) is 11.6 Å². The van der Waals surface area contributed by atoms with Crippen LogP contribution in [0.2, 0.25) is 5.02 Å². The first-order valence-corrected chi connectivity index (χ1v) is 8.85. The molecule has 0 spiro atoms. The Kier molecular flexibility index (Phi) is 5.12. The summed E-state index contributed by atoms with van der Waals surface area (Å²) in [6.07, 6.45) is 6.93. The number of amides is 1. The second kappa shape index (κ2) is 8.03. The fourth-order valence-corrected chi connectivity index (χ4v) is 2.91. The van der Waals surface area contributed by atoms with Crippen LogP contribution in [0.5, 0.6) is 5.75 Å². The van der Waals surface area contributed by atoms with E-state index in [1.807, 2.05) is 29.1 Å². The van der Waals surface area contributed by atoms with Crippen LogP contribution >= 0.6 is 11.6 Å². The standard InChI is InChI=1S/C19H15ClN6O3/c1-28-16-11-15(26-8-2-3-9-26)14(20)10-13(16)18(27)23-24-19-22-17(25-29-19)12-4-6-21-7-5-12/h2-11H,1H3,(H,23,27)(H,22,24,25). The molecule has 1 aromatic carbocycles. The van der Waals surface area contributed by atoms with Crippen molar-refractivity contribution in [2.24, 2.45) is 0 Å². The third-order valence-corrected chi connectivity index (χ3v) is 4.35. The molecular formula is C19H15ClN6O3. The highest BCUT2D eigenvalue weighted by Crippen LogP contribution is 2.30. The van der Waals surface area contributed by atoms with Gasteiger partial charge in [0.2, 0.25) is 5.82 Å². The number of methoxy groups -OCH3 is 1. The monoisotopic (exact) mass is 410 g/mol. The number of aromatic nitrogens is 4. The van der Waals surface area contributed by atoms with E-state index in [1.54, 1.807) is 30.6 Å². The molecule has 0 aliphatic heterocycles. The van der Waals surface area contributed by atoms with Gasteiger partial charge in [-0.3, -0.25) is 15.2 Å². The van der Waals surface area contributed by atoms with Crippen molar-refractivity contribution in [3.8, 4) is 22.8 Å². The zero-order valence-electron chi connectivity index (χ0n) is 15.2. The molecular weight excluding hydrogens is 396 g/mol. The van der Waals surface area contributed by atoms with Gasteiger partial charge in [0.25, 0.3) is 5.91 Å². The molecule has 29 heavy (non-hydrogen) atoms. The lowest BCUT2D eigenvalue weighted by molar-refractivity contribution is 0.0958. The van der Waals surface area contributed by atoms with Crippen LogP contribution in [0.4, 0.5) is 6.01 Å². The Bertz CT molecular complexity index is 1130. The number of hydrazine groups is 1. The summed E-state index contributed by atoms with van der Waals surface area (Å²) in [6, 6.07) is 10.5. The number of halogens is 1. The van der Waals surface area contributed by atoms with Crippen LogP contribution in [0.15, 0.2) is 65.7 Å². The SMILES string of the molecule is COc1cc(-n2cccc2)c(Cl)cc1C(=O)NNc1nc(-c2ccncc2)no1. The minimum atomic E-state index is -0.480. The number of benzene rings is 1. The van der Waals surface area contributed by atoms with E-state index in [4.69, 9.17) is 20.9 Å². The van der Waals surface area contributed by atoms with Gasteiger partial charge in [-0.1, -0.05) is 16.8 Å². The highest BCUT2D eigenvalue weighted by molar-refractivity contribution is 6.33. The number of carbonyl (C=O) groups excluding carboxylic acids is 1. The Morgan fingerprint density at radius 3 is 2.69 bits per heavy atom. The van der Waals surface area contributed by atoms with Gasteiger partial charge in [-0.25, -0.2) is 5.43 Å². The van der Waals surface area contributed by atoms with Gasteiger partial charge in [0.05, 0.1) is 23.4 Å². The minimum absolute atomic E-state index is 0.0270. The maximum absolute atomic E-state index is 12.6. The molecule has 0 atom stereocenters. The van der Waals surface area contributed by atoms with Gasteiger partial charge in [-0.05, 0) is 30.3 Å². The minimum Gasteiger partial charge on any atom is -0.496 e. The Hall–Kier alpha value is -3.85. The lowest BCUT2D eigenvalue weighted by Crippen LogP contribution is -2.30. The van der Waals surface area contributed by atoms with E-state index >= 15 is 0 Å². The highest BCUT2D eigenvalue weighted by atomic mass is 35.5. The topological polar surface area (TPSA) is 107 Å². The third-order valence-electron chi connectivity index (χ3n) is 4.04. The Labute approximate surface area is 170 Å². The summed E-state index contributed by atoms with van der Waals surface area (Å²) in [5, 5.41) is 4.24. The molecule has 4 aromatic rings. The molecule has 10 heteroatoms. The Morgan fingerprint density at radius 1 is 1.21 bits per heavy atom. The fraction of sp³-hybridized carbons (Fsp3) is 0.0526. The number of anilines is 1. The van der Waals surface area contributed by atoms with Crippen LogP contribution in [-0.4, -0.2) is 32.7 Å². The lowest BCUT2D eigenvalue weighted by atomic mass is 10.1. The molecule has 0 unspecified atom stereocenters. The second-order valence-electron chi connectivity index (χ2n) is 5.83. The van der Waals surface area contributed by atoms with E-state index in [0.29, 0.717) is 22.3 Å². The largest absolute Gasteiger partial charge is 0.496 e. The number of nitrogens with one attached hydrogen (secondary N) is 2.